The zero-order valence-electron chi connectivity index (χ0n) is 16.1. The van der Waals surface area contributed by atoms with Crippen LogP contribution in [0.25, 0.3) is 6.08 Å². The Bertz CT molecular complexity index is 679. The van der Waals surface area contributed by atoms with E-state index in [4.69, 9.17) is 4.74 Å². The molecule has 4 nitrogen and oxygen atoms in total. The smallest absolute Gasteiger partial charge is 0.147 e. The third-order valence-corrected chi connectivity index (χ3v) is 3.93. The Balaban J connectivity index is 2.65. The third kappa shape index (κ3) is 7.66. The molecule has 0 amide bonds. The van der Waals surface area contributed by atoms with Crippen LogP contribution in [0.1, 0.15) is 32.3 Å². The maximum Gasteiger partial charge on any atom is 0.147 e. The average Bonchev–Trinajstić information content (AvgIpc) is 2.67. The van der Waals surface area contributed by atoms with Crippen molar-refractivity contribution >= 4 is 18.0 Å². The number of carbonyl (C=O) groups is 1. The molecular formula is C21H29FN2O2. The fourth-order valence-corrected chi connectivity index (χ4v) is 2.29. The Kier molecular flexibility index (Phi) is 10.0. The molecule has 142 valence electrons. The van der Waals surface area contributed by atoms with Crippen LogP contribution >= 0.6 is 0 Å². The van der Waals surface area contributed by atoms with E-state index in [9.17, 15) is 9.18 Å². The third-order valence-electron chi connectivity index (χ3n) is 3.93. The number of nitrogens with one attached hydrogen (secondary N) is 2. The van der Waals surface area contributed by atoms with Gasteiger partial charge in [0.1, 0.15) is 12.0 Å². The summed E-state index contributed by atoms with van der Waals surface area (Å²) in [6.45, 7) is 4.93. The summed E-state index contributed by atoms with van der Waals surface area (Å²) >= 11 is 0. The molecule has 2 N–H and O–H groups in total. The zero-order chi connectivity index (χ0) is 19.4. The molecule has 0 atom stereocenters. The van der Waals surface area contributed by atoms with Gasteiger partial charge >= 0.3 is 0 Å². The molecule has 0 saturated heterocycles. The van der Waals surface area contributed by atoms with E-state index in [1.165, 1.54) is 6.08 Å². The van der Waals surface area contributed by atoms with E-state index in [1.807, 2.05) is 38.2 Å². The minimum absolute atomic E-state index is 0.123. The van der Waals surface area contributed by atoms with Crippen LogP contribution in [0.4, 0.5) is 10.1 Å². The number of halogens is 1. The van der Waals surface area contributed by atoms with Gasteiger partial charge in [-0.3, -0.25) is 4.79 Å². The summed E-state index contributed by atoms with van der Waals surface area (Å²) in [5.74, 6) is 0.615. The second kappa shape index (κ2) is 12.0. The minimum atomic E-state index is -0.123. The zero-order valence-corrected chi connectivity index (χ0v) is 16.1. The monoisotopic (exact) mass is 360 g/mol. The molecule has 5 heteroatoms. The summed E-state index contributed by atoms with van der Waals surface area (Å²) in [6.07, 6.45) is 7.21. The lowest BCUT2D eigenvalue weighted by molar-refractivity contribution is -0.104. The molecule has 0 aliphatic carbocycles. The van der Waals surface area contributed by atoms with Crippen molar-refractivity contribution in [2.45, 2.75) is 26.7 Å². The maximum absolute atomic E-state index is 13.1. The van der Waals surface area contributed by atoms with Gasteiger partial charge in [0.25, 0.3) is 0 Å². The van der Waals surface area contributed by atoms with Crippen LogP contribution in [-0.2, 0) is 4.79 Å². The minimum Gasteiger partial charge on any atom is -0.497 e. The van der Waals surface area contributed by atoms with Crippen molar-refractivity contribution in [3.8, 4) is 5.75 Å². The number of rotatable bonds is 11. The van der Waals surface area contributed by atoms with Crippen LogP contribution in [0.3, 0.4) is 0 Å². The second-order valence-corrected chi connectivity index (χ2v) is 5.95. The van der Waals surface area contributed by atoms with E-state index in [1.54, 1.807) is 20.1 Å². The lowest BCUT2D eigenvalue weighted by atomic mass is 10.1. The molecule has 0 radical (unpaired) electrons. The van der Waals surface area contributed by atoms with Gasteiger partial charge in [0.2, 0.25) is 0 Å². The molecule has 1 aromatic rings. The molecule has 1 aromatic carbocycles. The van der Waals surface area contributed by atoms with Crippen LogP contribution < -0.4 is 15.4 Å². The summed E-state index contributed by atoms with van der Waals surface area (Å²) < 4.78 is 18.3. The highest BCUT2D eigenvalue weighted by Gasteiger charge is 2.03. The largest absolute Gasteiger partial charge is 0.497 e. The van der Waals surface area contributed by atoms with Gasteiger partial charge in [-0.05, 0) is 56.7 Å². The Hall–Kier alpha value is -2.40. The number of carbonyl (C=O) groups excluding carboxylic acids is 1. The van der Waals surface area contributed by atoms with Crippen LogP contribution in [0, 0.1) is 0 Å². The number of hydrogen-bond acceptors (Lipinski definition) is 4. The van der Waals surface area contributed by atoms with Crippen molar-refractivity contribution in [3.63, 3.8) is 0 Å². The van der Waals surface area contributed by atoms with E-state index in [2.05, 4.69) is 10.6 Å². The van der Waals surface area contributed by atoms with Gasteiger partial charge < -0.3 is 15.4 Å². The van der Waals surface area contributed by atoms with Crippen molar-refractivity contribution in [2.75, 3.05) is 32.6 Å². The molecule has 0 aliphatic rings. The highest BCUT2D eigenvalue weighted by atomic mass is 19.1. The number of methoxy groups -OCH3 is 1. The van der Waals surface area contributed by atoms with Crippen LogP contribution in [0.15, 0.2) is 47.3 Å². The van der Waals surface area contributed by atoms with E-state index >= 15 is 0 Å². The van der Waals surface area contributed by atoms with Gasteiger partial charge in [-0.25, -0.2) is 4.39 Å². The highest BCUT2D eigenvalue weighted by molar-refractivity contribution is 5.85. The van der Waals surface area contributed by atoms with Gasteiger partial charge in [-0.15, -0.1) is 0 Å². The first-order valence-corrected chi connectivity index (χ1v) is 8.78. The first kappa shape index (κ1) is 21.6. The summed E-state index contributed by atoms with van der Waals surface area (Å²) in [5.41, 5.74) is 3.55. The molecule has 1 rings (SSSR count). The lowest BCUT2D eigenvalue weighted by Crippen LogP contribution is -2.19. The van der Waals surface area contributed by atoms with E-state index < -0.39 is 0 Å². The van der Waals surface area contributed by atoms with E-state index in [0.29, 0.717) is 25.1 Å². The van der Waals surface area contributed by atoms with Gasteiger partial charge in [0.15, 0.2) is 0 Å². The molecule has 0 aliphatic heterocycles. The molecule has 0 bridgehead atoms. The Morgan fingerprint density at radius 3 is 2.69 bits per heavy atom. The summed E-state index contributed by atoms with van der Waals surface area (Å²) in [6, 6.07) is 5.67. The molecule has 26 heavy (non-hydrogen) atoms. The van der Waals surface area contributed by atoms with Crippen molar-refractivity contribution < 1.29 is 13.9 Å². The van der Waals surface area contributed by atoms with Crippen LogP contribution in [0.5, 0.6) is 5.75 Å². The predicted octanol–water partition coefficient (Wildman–Crippen LogP) is 4.51. The van der Waals surface area contributed by atoms with Gasteiger partial charge in [0.05, 0.1) is 12.9 Å². The fraction of sp³-hybridized carbons (Fsp3) is 0.381. The molecule has 0 fully saturated rings. The summed E-state index contributed by atoms with van der Waals surface area (Å²) in [4.78, 5) is 11.4. The molecule has 0 saturated carbocycles. The SMILES string of the molecule is CC/C(F)=C\C=C(/C)CCNC/C(C=O)=C/c1cc(OC)ccc1NC. The summed E-state index contributed by atoms with van der Waals surface area (Å²) in [7, 11) is 3.45. The van der Waals surface area contributed by atoms with E-state index in [-0.39, 0.29) is 5.83 Å². The first-order chi connectivity index (χ1) is 12.5. The van der Waals surface area contributed by atoms with Crippen LogP contribution in [-0.4, -0.2) is 33.5 Å². The number of allylic oxidation sites excluding steroid dienone is 3. The Morgan fingerprint density at radius 2 is 2.08 bits per heavy atom. The number of aldehydes is 1. The van der Waals surface area contributed by atoms with Crippen LogP contribution in [0.2, 0.25) is 0 Å². The quantitative estimate of drug-likeness (QED) is 0.264. The summed E-state index contributed by atoms with van der Waals surface area (Å²) in [5, 5.41) is 6.36. The lowest BCUT2D eigenvalue weighted by Gasteiger charge is -2.10. The molecule has 0 spiro atoms. The standard InChI is InChI=1S/C21H29FN2O2/c1-5-19(22)7-6-16(2)10-11-24-14-17(15-25)12-18-13-20(26-4)8-9-21(18)23-3/h6-9,12-13,15,23-24H,5,10-11,14H2,1-4H3/b16-6+,17-12-,19-7+. The topological polar surface area (TPSA) is 50.4 Å². The fourth-order valence-electron chi connectivity index (χ4n) is 2.29. The Labute approximate surface area is 155 Å². The Morgan fingerprint density at radius 1 is 1.31 bits per heavy atom. The first-order valence-electron chi connectivity index (χ1n) is 8.78. The van der Waals surface area contributed by atoms with Gasteiger partial charge in [-0.1, -0.05) is 18.6 Å². The normalized spacial score (nSPS) is 12.9. The average molecular weight is 360 g/mol. The molecule has 0 aromatic heterocycles. The maximum atomic E-state index is 13.1. The van der Waals surface area contributed by atoms with Crippen molar-refractivity contribution in [1.82, 2.24) is 5.32 Å². The van der Waals surface area contributed by atoms with Gasteiger partial charge in [0, 0.05) is 30.4 Å². The van der Waals surface area contributed by atoms with Crippen molar-refractivity contribution in [1.29, 1.82) is 0 Å². The number of ether oxygens (including phenoxy) is 1. The molecule has 0 heterocycles. The number of anilines is 1. The highest BCUT2D eigenvalue weighted by Crippen LogP contribution is 2.23. The predicted molar refractivity (Wildman–Crippen MR) is 107 cm³/mol. The number of hydrogen-bond donors (Lipinski definition) is 2. The molecular weight excluding hydrogens is 331 g/mol. The van der Waals surface area contributed by atoms with E-state index in [0.717, 1.165) is 35.3 Å². The van der Waals surface area contributed by atoms with Gasteiger partial charge in [-0.2, -0.15) is 0 Å². The second-order valence-electron chi connectivity index (χ2n) is 5.95. The van der Waals surface area contributed by atoms with Crippen molar-refractivity contribution in [2.24, 2.45) is 0 Å². The van der Waals surface area contributed by atoms with Crippen molar-refractivity contribution in [3.05, 3.63) is 52.9 Å². The molecule has 0 unspecified atom stereocenters. The number of benzene rings is 1.